The summed E-state index contributed by atoms with van der Waals surface area (Å²) in [5, 5.41) is 14.8. The van der Waals surface area contributed by atoms with E-state index in [1.807, 2.05) is 17.7 Å². The summed E-state index contributed by atoms with van der Waals surface area (Å²) in [7, 11) is 0. The molecule has 0 aliphatic heterocycles. The largest absolute Gasteiger partial charge is 0.386 e. The van der Waals surface area contributed by atoms with Crippen LogP contribution in [0.5, 0.6) is 0 Å². The Labute approximate surface area is 96.5 Å². The van der Waals surface area contributed by atoms with Gasteiger partial charge in [0.2, 0.25) is 0 Å². The summed E-state index contributed by atoms with van der Waals surface area (Å²) in [5.74, 6) is 0. The van der Waals surface area contributed by atoms with Crippen molar-refractivity contribution in [2.75, 3.05) is 6.54 Å². The van der Waals surface area contributed by atoms with Gasteiger partial charge in [0.15, 0.2) is 0 Å². The van der Waals surface area contributed by atoms with Gasteiger partial charge in [0.25, 0.3) is 0 Å². The molecule has 4 nitrogen and oxygen atoms in total. The Morgan fingerprint density at radius 3 is 2.69 bits per heavy atom. The molecule has 1 atom stereocenters. The summed E-state index contributed by atoms with van der Waals surface area (Å²) < 4.78 is 1.92. The molecular weight excluding hydrogens is 202 g/mol. The minimum absolute atomic E-state index is 0.112. The molecule has 1 aliphatic carbocycles. The average Bonchev–Trinajstić information content (AvgIpc) is 2.58. The molecule has 0 bridgehead atoms. The molecule has 0 saturated heterocycles. The van der Waals surface area contributed by atoms with Gasteiger partial charge in [-0.1, -0.05) is 6.42 Å². The van der Waals surface area contributed by atoms with Crippen LogP contribution >= 0.6 is 0 Å². The maximum Gasteiger partial charge on any atom is 0.105 e. The van der Waals surface area contributed by atoms with Crippen molar-refractivity contribution in [1.29, 1.82) is 0 Å². The Bertz CT molecular complexity index is 363. The number of aliphatic hydroxyl groups is 1. The highest BCUT2D eigenvalue weighted by molar-refractivity contribution is 5.15. The van der Waals surface area contributed by atoms with Crippen LogP contribution in [0.25, 0.3) is 0 Å². The van der Waals surface area contributed by atoms with E-state index in [0.717, 1.165) is 30.8 Å². The second-order valence-electron chi connectivity index (χ2n) is 4.85. The summed E-state index contributed by atoms with van der Waals surface area (Å²) in [4.78, 5) is 0. The summed E-state index contributed by atoms with van der Waals surface area (Å²) in [6.45, 7) is 5.46. The second-order valence-corrected chi connectivity index (χ2v) is 4.85. The number of hydrogen-bond donors (Lipinski definition) is 2. The molecule has 90 valence electrons. The van der Waals surface area contributed by atoms with Crippen LogP contribution < -0.4 is 5.73 Å². The predicted octanol–water partition coefficient (Wildman–Crippen LogP) is 1.37. The summed E-state index contributed by atoms with van der Waals surface area (Å²) in [5.41, 5.74) is 7.56. The lowest BCUT2D eigenvalue weighted by atomic mass is 9.64. The normalized spacial score (nSPS) is 20.5. The number of aromatic nitrogens is 2. The zero-order valence-corrected chi connectivity index (χ0v) is 10.1. The number of aliphatic hydroxyl groups excluding tert-OH is 1. The van der Waals surface area contributed by atoms with Crippen molar-refractivity contribution in [3.63, 3.8) is 0 Å². The van der Waals surface area contributed by atoms with Crippen molar-refractivity contribution < 1.29 is 5.11 Å². The van der Waals surface area contributed by atoms with Crippen LogP contribution in [0, 0.1) is 12.3 Å². The van der Waals surface area contributed by atoms with Gasteiger partial charge in [-0.3, -0.25) is 4.68 Å². The van der Waals surface area contributed by atoms with Crippen LogP contribution in [-0.2, 0) is 6.54 Å². The molecule has 1 heterocycles. The van der Waals surface area contributed by atoms with Gasteiger partial charge in [0.05, 0.1) is 5.69 Å². The maximum absolute atomic E-state index is 10.4. The Morgan fingerprint density at radius 2 is 2.31 bits per heavy atom. The molecule has 4 heteroatoms. The Morgan fingerprint density at radius 1 is 1.62 bits per heavy atom. The third-order valence-electron chi connectivity index (χ3n) is 3.92. The van der Waals surface area contributed by atoms with Crippen LogP contribution in [0.15, 0.2) is 6.07 Å². The van der Waals surface area contributed by atoms with Gasteiger partial charge < -0.3 is 10.8 Å². The number of hydrogen-bond acceptors (Lipinski definition) is 3. The van der Waals surface area contributed by atoms with E-state index >= 15 is 0 Å². The van der Waals surface area contributed by atoms with E-state index in [0.29, 0.717) is 6.54 Å². The molecule has 1 aromatic rings. The molecule has 0 amide bonds. The molecule has 0 spiro atoms. The number of nitrogens with two attached hydrogens (primary N) is 1. The van der Waals surface area contributed by atoms with Gasteiger partial charge in [-0.25, -0.2) is 0 Å². The van der Waals surface area contributed by atoms with E-state index in [1.165, 1.54) is 6.42 Å². The fourth-order valence-corrected chi connectivity index (χ4v) is 2.52. The van der Waals surface area contributed by atoms with Crippen molar-refractivity contribution in [1.82, 2.24) is 9.78 Å². The summed E-state index contributed by atoms with van der Waals surface area (Å²) in [6, 6.07) is 1.98. The lowest BCUT2D eigenvalue weighted by molar-refractivity contribution is -0.0325. The monoisotopic (exact) mass is 223 g/mol. The van der Waals surface area contributed by atoms with Gasteiger partial charge >= 0.3 is 0 Å². The fourth-order valence-electron chi connectivity index (χ4n) is 2.52. The topological polar surface area (TPSA) is 64.1 Å². The highest BCUT2D eigenvalue weighted by Gasteiger charge is 2.44. The molecule has 1 saturated carbocycles. The molecule has 1 fully saturated rings. The predicted molar refractivity (Wildman–Crippen MR) is 62.9 cm³/mol. The number of rotatable bonds is 4. The van der Waals surface area contributed by atoms with Crippen LogP contribution in [0.2, 0.25) is 0 Å². The van der Waals surface area contributed by atoms with Gasteiger partial charge in [-0.05, 0) is 32.8 Å². The van der Waals surface area contributed by atoms with Crippen molar-refractivity contribution >= 4 is 0 Å². The quantitative estimate of drug-likeness (QED) is 0.810. The van der Waals surface area contributed by atoms with Crippen molar-refractivity contribution in [2.24, 2.45) is 11.1 Å². The summed E-state index contributed by atoms with van der Waals surface area (Å²) in [6.07, 6.45) is 2.70. The third-order valence-corrected chi connectivity index (χ3v) is 3.92. The first kappa shape index (κ1) is 11.6. The first-order valence-corrected chi connectivity index (χ1v) is 6.05. The van der Waals surface area contributed by atoms with Crippen molar-refractivity contribution in [3.8, 4) is 0 Å². The molecule has 1 aromatic heterocycles. The van der Waals surface area contributed by atoms with E-state index in [-0.39, 0.29) is 5.41 Å². The summed E-state index contributed by atoms with van der Waals surface area (Å²) >= 11 is 0. The molecule has 0 aromatic carbocycles. The van der Waals surface area contributed by atoms with E-state index in [1.54, 1.807) is 0 Å². The van der Waals surface area contributed by atoms with Gasteiger partial charge in [-0.15, -0.1) is 0 Å². The van der Waals surface area contributed by atoms with E-state index in [2.05, 4.69) is 12.0 Å². The van der Waals surface area contributed by atoms with Gasteiger partial charge in [0.1, 0.15) is 6.10 Å². The molecule has 1 unspecified atom stereocenters. The van der Waals surface area contributed by atoms with Gasteiger partial charge in [0, 0.05) is 24.2 Å². The standard InChI is InChI=1S/C12H21N3O/c1-3-15-9(2)7-10(14-15)11(16)12(8-13)5-4-6-12/h7,11,16H,3-6,8,13H2,1-2H3. The molecule has 2 rings (SSSR count). The first-order chi connectivity index (χ1) is 7.63. The first-order valence-electron chi connectivity index (χ1n) is 6.05. The highest BCUT2D eigenvalue weighted by Crippen LogP contribution is 2.49. The molecule has 16 heavy (non-hydrogen) atoms. The van der Waals surface area contributed by atoms with Crippen LogP contribution in [0.1, 0.15) is 43.7 Å². The second kappa shape index (κ2) is 4.18. The van der Waals surface area contributed by atoms with Crippen LogP contribution in [-0.4, -0.2) is 21.4 Å². The molecule has 3 N–H and O–H groups in total. The Balaban J connectivity index is 2.22. The SMILES string of the molecule is CCn1nc(C(O)C2(CN)CCC2)cc1C. The number of aryl methyl sites for hydroxylation is 2. The van der Waals surface area contributed by atoms with Crippen molar-refractivity contribution in [2.45, 2.75) is 45.8 Å². The molecule has 1 aliphatic rings. The smallest absolute Gasteiger partial charge is 0.105 e. The van der Waals surface area contributed by atoms with E-state index in [4.69, 9.17) is 5.73 Å². The van der Waals surface area contributed by atoms with E-state index < -0.39 is 6.10 Å². The Hall–Kier alpha value is -0.870. The minimum atomic E-state index is -0.502. The highest BCUT2D eigenvalue weighted by atomic mass is 16.3. The number of nitrogens with zero attached hydrogens (tertiary/aromatic N) is 2. The average molecular weight is 223 g/mol. The van der Waals surface area contributed by atoms with Crippen LogP contribution in [0.3, 0.4) is 0 Å². The molecular formula is C12H21N3O. The molecule has 0 radical (unpaired) electrons. The fraction of sp³-hybridized carbons (Fsp3) is 0.750. The minimum Gasteiger partial charge on any atom is -0.386 e. The van der Waals surface area contributed by atoms with Crippen molar-refractivity contribution in [3.05, 3.63) is 17.5 Å². The van der Waals surface area contributed by atoms with Crippen LogP contribution in [0.4, 0.5) is 0 Å². The van der Waals surface area contributed by atoms with Gasteiger partial charge in [-0.2, -0.15) is 5.10 Å². The lowest BCUT2D eigenvalue weighted by Gasteiger charge is -2.44. The third kappa shape index (κ3) is 1.66. The lowest BCUT2D eigenvalue weighted by Crippen LogP contribution is -2.42. The maximum atomic E-state index is 10.4. The zero-order valence-electron chi connectivity index (χ0n) is 10.1. The van der Waals surface area contributed by atoms with E-state index in [9.17, 15) is 5.11 Å². The zero-order chi connectivity index (χ0) is 11.8. The Kier molecular flexibility index (Phi) is 3.04.